The van der Waals surface area contributed by atoms with Crippen molar-refractivity contribution in [1.29, 1.82) is 0 Å². The third kappa shape index (κ3) is 4.83. The fraction of sp³-hybridized carbons (Fsp3) is 0.348. The molecule has 152 valence electrons. The van der Waals surface area contributed by atoms with Gasteiger partial charge in [-0.05, 0) is 67.0 Å². The smallest absolute Gasteiger partial charge is 0.267 e. The minimum Gasteiger partial charge on any atom is -0.351 e. The first-order chi connectivity index (χ1) is 14.0. The number of amides is 1. The lowest BCUT2D eigenvalue weighted by Gasteiger charge is -2.15. The number of hydrogen-bond donors (Lipinski definition) is 4. The molecule has 2 aromatic carbocycles. The monoisotopic (exact) mass is 394 g/mol. The lowest BCUT2D eigenvalue weighted by Crippen LogP contribution is -2.38. The highest BCUT2D eigenvalue weighted by atomic mass is 19.1. The maximum atomic E-state index is 13.1. The third-order valence-electron chi connectivity index (χ3n) is 5.67. The number of hydrogen-bond acceptors (Lipinski definition) is 3. The Morgan fingerprint density at radius 1 is 1.07 bits per heavy atom. The Morgan fingerprint density at radius 2 is 1.79 bits per heavy atom. The predicted octanol–water partition coefficient (Wildman–Crippen LogP) is 3.55. The van der Waals surface area contributed by atoms with Gasteiger partial charge in [0.2, 0.25) is 0 Å². The van der Waals surface area contributed by atoms with E-state index in [0.717, 1.165) is 34.9 Å². The number of rotatable bonds is 8. The SMILES string of the molecule is NC(CC[C@H](N)CNC(=O)c1cc2ccc(-c3ccc(F)cc3)cc2[nH]1)C1CC1. The Morgan fingerprint density at radius 3 is 2.52 bits per heavy atom. The van der Waals surface area contributed by atoms with Crippen LogP contribution in [0.1, 0.15) is 36.2 Å². The van der Waals surface area contributed by atoms with Crippen LogP contribution in [-0.2, 0) is 0 Å². The van der Waals surface area contributed by atoms with Crippen molar-refractivity contribution in [2.45, 2.75) is 37.8 Å². The summed E-state index contributed by atoms with van der Waals surface area (Å²) in [6.07, 6.45) is 4.18. The van der Waals surface area contributed by atoms with Crippen LogP contribution in [0, 0.1) is 11.7 Å². The van der Waals surface area contributed by atoms with Crippen LogP contribution < -0.4 is 16.8 Å². The zero-order valence-electron chi connectivity index (χ0n) is 16.3. The van der Waals surface area contributed by atoms with Crippen molar-refractivity contribution >= 4 is 16.8 Å². The quantitative estimate of drug-likeness (QED) is 0.470. The Hall–Kier alpha value is -2.70. The second-order valence-electron chi connectivity index (χ2n) is 8.04. The van der Waals surface area contributed by atoms with Crippen molar-refractivity contribution in [3.05, 3.63) is 60.0 Å². The van der Waals surface area contributed by atoms with Crippen LogP contribution >= 0.6 is 0 Å². The van der Waals surface area contributed by atoms with Crippen LogP contribution in [-0.4, -0.2) is 29.5 Å². The molecule has 6 N–H and O–H groups in total. The molecule has 3 aromatic rings. The van der Waals surface area contributed by atoms with Crippen molar-refractivity contribution in [3.8, 4) is 11.1 Å². The van der Waals surface area contributed by atoms with Crippen molar-refractivity contribution in [3.63, 3.8) is 0 Å². The highest BCUT2D eigenvalue weighted by Crippen LogP contribution is 2.33. The predicted molar refractivity (Wildman–Crippen MR) is 114 cm³/mol. The molecule has 1 aliphatic rings. The average Bonchev–Trinajstić information content (AvgIpc) is 3.49. The van der Waals surface area contributed by atoms with Gasteiger partial charge >= 0.3 is 0 Å². The lowest BCUT2D eigenvalue weighted by atomic mass is 10.0. The highest BCUT2D eigenvalue weighted by Gasteiger charge is 2.28. The van der Waals surface area contributed by atoms with E-state index in [1.165, 1.54) is 25.0 Å². The van der Waals surface area contributed by atoms with Crippen LogP contribution in [0.25, 0.3) is 22.0 Å². The van der Waals surface area contributed by atoms with E-state index >= 15 is 0 Å². The number of nitrogens with one attached hydrogen (secondary N) is 2. The normalized spacial score (nSPS) is 16.0. The maximum absolute atomic E-state index is 13.1. The minimum absolute atomic E-state index is 0.0989. The summed E-state index contributed by atoms with van der Waals surface area (Å²) in [5.41, 5.74) is 15.5. The van der Waals surface area contributed by atoms with Gasteiger partial charge in [0.05, 0.1) is 0 Å². The number of fused-ring (bicyclic) bond motifs is 1. The fourth-order valence-electron chi connectivity index (χ4n) is 3.66. The van der Waals surface area contributed by atoms with Crippen molar-refractivity contribution in [2.24, 2.45) is 17.4 Å². The first-order valence-electron chi connectivity index (χ1n) is 10.2. The first-order valence-corrected chi connectivity index (χ1v) is 10.2. The number of halogens is 1. The summed E-state index contributed by atoms with van der Waals surface area (Å²) in [7, 11) is 0. The molecule has 1 unspecified atom stereocenters. The molecule has 0 bridgehead atoms. The fourth-order valence-corrected chi connectivity index (χ4v) is 3.66. The summed E-state index contributed by atoms with van der Waals surface area (Å²) in [6.45, 7) is 0.423. The summed E-state index contributed by atoms with van der Waals surface area (Å²) in [5.74, 6) is 0.232. The van der Waals surface area contributed by atoms with E-state index < -0.39 is 0 Å². The number of benzene rings is 2. The molecule has 0 radical (unpaired) electrons. The topological polar surface area (TPSA) is 96.9 Å². The Labute approximate surface area is 169 Å². The lowest BCUT2D eigenvalue weighted by molar-refractivity contribution is 0.0946. The van der Waals surface area contributed by atoms with Gasteiger partial charge in [-0.2, -0.15) is 0 Å². The third-order valence-corrected chi connectivity index (χ3v) is 5.67. The van der Waals surface area contributed by atoms with Crippen molar-refractivity contribution in [2.75, 3.05) is 6.54 Å². The molecular weight excluding hydrogens is 367 g/mol. The summed E-state index contributed by atoms with van der Waals surface area (Å²) in [4.78, 5) is 15.7. The molecule has 1 amide bonds. The zero-order chi connectivity index (χ0) is 20.4. The number of nitrogens with two attached hydrogens (primary N) is 2. The average molecular weight is 394 g/mol. The number of aromatic amines is 1. The van der Waals surface area contributed by atoms with Crippen LogP contribution in [0.4, 0.5) is 4.39 Å². The molecule has 2 atom stereocenters. The molecule has 5 nitrogen and oxygen atoms in total. The summed E-state index contributed by atoms with van der Waals surface area (Å²) in [5, 5.41) is 3.85. The highest BCUT2D eigenvalue weighted by molar-refractivity contribution is 5.98. The van der Waals surface area contributed by atoms with Gasteiger partial charge < -0.3 is 21.8 Å². The summed E-state index contributed by atoms with van der Waals surface area (Å²) in [6, 6.07) is 14.2. The number of aromatic nitrogens is 1. The first kappa shape index (κ1) is 19.6. The second kappa shape index (κ2) is 8.35. The van der Waals surface area contributed by atoms with Gasteiger partial charge in [0.25, 0.3) is 5.91 Å². The maximum Gasteiger partial charge on any atom is 0.267 e. The van der Waals surface area contributed by atoms with Gasteiger partial charge in [-0.25, -0.2) is 4.39 Å². The standard InChI is InChI=1S/C23H27FN4O/c24-18-7-5-14(6-8-18)16-3-4-17-12-22(28-21(17)11-16)23(29)27-13-19(25)9-10-20(26)15-1-2-15/h3-8,11-12,15,19-20,28H,1-2,9-10,13,25-26H2,(H,27,29)/t19-,20?/m0/s1. The van der Waals surface area contributed by atoms with Gasteiger partial charge in [-0.15, -0.1) is 0 Å². The van der Waals surface area contributed by atoms with Crippen LogP contribution in [0.2, 0.25) is 0 Å². The molecular formula is C23H27FN4O. The Bertz CT molecular complexity index is 994. The van der Waals surface area contributed by atoms with Gasteiger partial charge in [0.1, 0.15) is 11.5 Å². The molecule has 1 heterocycles. The second-order valence-corrected chi connectivity index (χ2v) is 8.04. The number of carbonyl (C=O) groups is 1. The Kier molecular flexibility index (Phi) is 5.65. The zero-order valence-corrected chi connectivity index (χ0v) is 16.3. The molecule has 1 fully saturated rings. The van der Waals surface area contributed by atoms with E-state index in [4.69, 9.17) is 11.5 Å². The van der Waals surface area contributed by atoms with Crippen LogP contribution in [0.5, 0.6) is 0 Å². The molecule has 4 rings (SSSR count). The molecule has 29 heavy (non-hydrogen) atoms. The van der Waals surface area contributed by atoms with Crippen molar-refractivity contribution < 1.29 is 9.18 Å². The number of carbonyl (C=O) groups excluding carboxylic acids is 1. The van der Waals surface area contributed by atoms with E-state index in [1.54, 1.807) is 12.1 Å². The minimum atomic E-state index is -0.263. The molecule has 1 saturated carbocycles. The van der Waals surface area contributed by atoms with Crippen LogP contribution in [0.15, 0.2) is 48.5 Å². The van der Waals surface area contributed by atoms with E-state index in [0.29, 0.717) is 18.2 Å². The molecule has 0 aliphatic heterocycles. The molecule has 1 aromatic heterocycles. The van der Waals surface area contributed by atoms with E-state index in [9.17, 15) is 9.18 Å². The molecule has 1 aliphatic carbocycles. The summed E-state index contributed by atoms with van der Waals surface area (Å²) < 4.78 is 13.1. The van der Waals surface area contributed by atoms with Crippen molar-refractivity contribution in [1.82, 2.24) is 10.3 Å². The van der Waals surface area contributed by atoms with E-state index in [2.05, 4.69) is 10.3 Å². The van der Waals surface area contributed by atoms with Crippen LogP contribution in [0.3, 0.4) is 0 Å². The van der Waals surface area contributed by atoms with Gasteiger partial charge in [-0.3, -0.25) is 4.79 Å². The largest absolute Gasteiger partial charge is 0.351 e. The molecule has 0 spiro atoms. The van der Waals surface area contributed by atoms with Gasteiger partial charge in [0, 0.05) is 29.5 Å². The molecule has 0 saturated heterocycles. The number of H-pyrrole nitrogens is 1. The van der Waals surface area contributed by atoms with Gasteiger partial charge in [-0.1, -0.05) is 24.3 Å². The Balaban J connectivity index is 1.36. The van der Waals surface area contributed by atoms with E-state index in [1.807, 2.05) is 24.3 Å². The van der Waals surface area contributed by atoms with E-state index in [-0.39, 0.29) is 23.8 Å². The van der Waals surface area contributed by atoms with Gasteiger partial charge in [0.15, 0.2) is 0 Å². The molecule has 6 heteroatoms. The summed E-state index contributed by atoms with van der Waals surface area (Å²) >= 11 is 0.